The first kappa shape index (κ1) is 20.3. The number of hydrogen-bond acceptors (Lipinski definition) is 6. The number of benzene rings is 1. The van der Waals surface area contributed by atoms with Gasteiger partial charge in [-0.1, -0.05) is 30.4 Å². The zero-order valence-corrected chi connectivity index (χ0v) is 17.5. The smallest absolute Gasteiger partial charge is 0.226 e. The van der Waals surface area contributed by atoms with Crippen LogP contribution in [-0.2, 0) is 16.0 Å². The Hall–Kier alpha value is -2.48. The van der Waals surface area contributed by atoms with Gasteiger partial charge in [0.25, 0.3) is 0 Å². The summed E-state index contributed by atoms with van der Waals surface area (Å²) >= 11 is 1.37. The first-order valence-electron chi connectivity index (χ1n) is 9.69. The maximum absolute atomic E-state index is 12.6. The predicted molar refractivity (Wildman–Crippen MR) is 112 cm³/mol. The maximum Gasteiger partial charge on any atom is 0.226 e. The van der Waals surface area contributed by atoms with E-state index in [9.17, 15) is 9.59 Å². The normalized spacial score (nSPS) is 16.9. The predicted octanol–water partition coefficient (Wildman–Crippen LogP) is 2.86. The molecule has 1 saturated heterocycles. The van der Waals surface area contributed by atoms with E-state index in [1.54, 1.807) is 0 Å². The van der Waals surface area contributed by atoms with Gasteiger partial charge >= 0.3 is 0 Å². The highest BCUT2D eigenvalue weighted by Gasteiger charge is 2.27. The standard InChI is InChI=1S/C20H27N5O2S/c1-4-18-22-23-20(28-18)21-17(26)8-9-19(27)24-10-11-25(15(3)13-24)16-7-5-6-14(2)12-16/h5-7,12,15H,4,8-11,13H2,1-3H3,(H,21,23,26). The van der Waals surface area contributed by atoms with E-state index in [2.05, 4.69) is 58.5 Å². The monoisotopic (exact) mass is 401 g/mol. The lowest BCUT2D eigenvalue weighted by Gasteiger charge is -2.41. The van der Waals surface area contributed by atoms with Gasteiger partial charge in [0, 0.05) is 44.2 Å². The van der Waals surface area contributed by atoms with Gasteiger partial charge in [-0.25, -0.2) is 0 Å². The van der Waals surface area contributed by atoms with Gasteiger partial charge in [-0.2, -0.15) is 0 Å². The number of nitrogens with one attached hydrogen (secondary N) is 1. The Morgan fingerprint density at radius 1 is 1.25 bits per heavy atom. The minimum absolute atomic E-state index is 0.0254. The summed E-state index contributed by atoms with van der Waals surface area (Å²) in [7, 11) is 0. The third-order valence-corrected chi connectivity index (χ3v) is 5.88. The number of carbonyl (C=O) groups excluding carboxylic acids is 2. The number of hydrogen-bond donors (Lipinski definition) is 1. The second kappa shape index (κ2) is 9.14. The van der Waals surface area contributed by atoms with E-state index in [-0.39, 0.29) is 30.7 Å². The minimum Gasteiger partial charge on any atom is -0.365 e. The maximum atomic E-state index is 12.6. The number of aryl methyl sites for hydroxylation is 2. The molecular formula is C20H27N5O2S. The summed E-state index contributed by atoms with van der Waals surface area (Å²) in [6.07, 6.45) is 1.16. The van der Waals surface area contributed by atoms with Gasteiger partial charge in [0.05, 0.1) is 0 Å². The number of amides is 2. The van der Waals surface area contributed by atoms with E-state index in [1.807, 2.05) is 11.8 Å². The van der Waals surface area contributed by atoms with Crippen molar-refractivity contribution in [2.75, 3.05) is 29.9 Å². The van der Waals surface area contributed by atoms with Crippen molar-refractivity contribution in [3.05, 3.63) is 34.8 Å². The molecule has 1 aromatic heterocycles. The van der Waals surface area contributed by atoms with Crippen LogP contribution in [-0.4, -0.2) is 52.6 Å². The van der Waals surface area contributed by atoms with Gasteiger partial charge in [0.1, 0.15) is 5.01 Å². The molecule has 0 saturated carbocycles. The molecule has 3 rings (SSSR count). The summed E-state index contributed by atoms with van der Waals surface area (Å²) in [5.41, 5.74) is 2.43. The lowest BCUT2D eigenvalue weighted by Crippen LogP contribution is -2.53. The molecule has 0 radical (unpaired) electrons. The highest BCUT2D eigenvalue weighted by atomic mass is 32.1. The van der Waals surface area contributed by atoms with Crippen LogP contribution in [0.3, 0.4) is 0 Å². The fourth-order valence-corrected chi connectivity index (χ4v) is 4.08. The Balaban J connectivity index is 1.47. The SMILES string of the molecule is CCc1nnc(NC(=O)CCC(=O)N2CCN(c3cccc(C)c3)C(C)C2)s1. The van der Waals surface area contributed by atoms with E-state index in [4.69, 9.17) is 0 Å². The summed E-state index contributed by atoms with van der Waals surface area (Å²) < 4.78 is 0. The molecule has 7 nitrogen and oxygen atoms in total. The summed E-state index contributed by atoms with van der Waals surface area (Å²) in [4.78, 5) is 28.8. The molecule has 2 aromatic rings. The summed E-state index contributed by atoms with van der Waals surface area (Å²) in [5.74, 6) is -0.170. The van der Waals surface area contributed by atoms with Crippen molar-refractivity contribution < 1.29 is 9.59 Å². The van der Waals surface area contributed by atoms with Gasteiger partial charge < -0.3 is 15.1 Å². The second-order valence-electron chi connectivity index (χ2n) is 7.12. The quantitative estimate of drug-likeness (QED) is 0.805. The first-order chi connectivity index (χ1) is 13.5. The Morgan fingerprint density at radius 3 is 2.75 bits per heavy atom. The fourth-order valence-electron chi connectivity index (χ4n) is 3.38. The van der Waals surface area contributed by atoms with Crippen LogP contribution in [0.2, 0.25) is 0 Å². The molecule has 0 spiro atoms. The molecule has 0 aliphatic carbocycles. The molecule has 0 bridgehead atoms. The van der Waals surface area contributed by atoms with E-state index in [0.29, 0.717) is 18.2 Å². The van der Waals surface area contributed by atoms with Crippen LogP contribution in [0.25, 0.3) is 0 Å². The van der Waals surface area contributed by atoms with Crippen molar-refractivity contribution in [1.82, 2.24) is 15.1 Å². The number of aromatic nitrogens is 2. The summed E-state index contributed by atoms with van der Waals surface area (Å²) in [6, 6.07) is 8.68. The van der Waals surface area contributed by atoms with Crippen LogP contribution < -0.4 is 10.2 Å². The lowest BCUT2D eigenvalue weighted by atomic mass is 10.1. The molecule has 2 amide bonds. The van der Waals surface area contributed by atoms with Gasteiger partial charge in [0.15, 0.2) is 0 Å². The topological polar surface area (TPSA) is 78.4 Å². The van der Waals surface area contributed by atoms with Crippen molar-refractivity contribution in [2.45, 2.75) is 46.1 Å². The van der Waals surface area contributed by atoms with E-state index in [1.165, 1.54) is 22.6 Å². The number of carbonyl (C=O) groups is 2. The van der Waals surface area contributed by atoms with Crippen LogP contribution in [0.5, 0.6) is 0 Å². The molecule has 2 heterocycles. The highest BCUT2D eigenvalue weighted by molar-refractivity contribution is 7.15. The average Bonchev–Trinajstić information content (AvgIpc) is 3.13. The van der Waals surface area contributed by atoms with Gasteiger partial charge in [0.2, 0.25) is 16.9 Å². The van der Waals surface area contributed by atoms with Crippen molar-refractivity contribution in [3.63, 3.8) is 0 Å². The number of nitrogens with zero attached hydrogens (tertiary/aromatic N) is 4. The third kappa shape index (κ3) is 5.07. The first-order valence-corrected chi connectivity index (χ1v) is 10.5. The van der Waals surface area contributed by atoms with Gasteiger partial charge in [-0.15, -0.1) is 10.2 Å². The van der Waals surface area contributed by atoms with E-state index in [0.717, 1.165) is 18.0 Å². The van der Waals surface area contributed by atoms with Crippen LogP contribution in [0.15, 0.2) is 24.3 Å². The third-order valence-electron chi connectivity index (χ3n) is 4.90. The summed E-state index contributed by atoms with van der Waals surface area (Å²) in [6.45, 7) is 8.36. The molecule has 1 aliphatic heterocycles. The molecule has 150 valence electrons. The molecular weight excluding hydrogens is 374 g/mol. The molecule has 1 N–H and O–H groups in total. The van der Waals surface area contributed by atoms with Gasteiger partial charge in [-0.3, -0.25) is 9.59 Å². The number of rotatable bonds is 6. The lowest BCUT2D eigenvalue weighted by molar-refractivity contribution is -0.133. The molecule has 1 unspecified atom stereocenters. The number of piperazine rings is 1. The van der Waals surface area contributed by atoms with Crippen molar-refractivity contribution >= 4 is 34.0 Å². The zero-order valence-electron chi connectivity index (χ0n) is 16.6. The van der Waals surface area contributed by atoms with Crippen LogP contribution >= 0.6 is 11.3 Å². The largest absolute Gasteiger partial charge is 0.365 e. The average molecular weight is 402 g/mol. The molecule has 28 heavy (non-hydrogen) atoms. The van der Waals surface area contributed by atoms with Gasteiger partial charge in [-0.05, 0) is 38.0 Å². The zero-order chi connectivity index (χ0) is 20.1. The summed E-state index contributed by atoms with van der Waals surface area (Å²) in [5, 5.41) is 12.0. The van der Waals surface area contributed by atoms with Crippen LogP contribution in [0, 0.1) is 6.92 Å². The molecule has 1 aliphatic rings. The van der Waals surface area contributed by atoms with Crippen molar-refractivity contribution in [3.8, 4) is 0 Å². The van der Waals surface area contributed by atoms with Crippen molar-refractivity contribution in [1.29, 1.82) is 0 Å². The number of anilines is 2. The fraction of sp³-hybridized carbons (Fsp3) is 0.500. The molecule has 1 atom stereocenters. The Bertz CT molecular complexity index is 838. The second-order valence-corrected chi connectivity index (χ2v) is 8.19. The minimum atomic E-state index is -0.196. The van der Waals surface area contributed by atoms with E-state index < -0.39 is 0 Å². The van der Waals surface area contributed by atoms with Crippen molar-refractivity contribution in [2.24, 2.45) is 0 Å². The van der Waals surface area contributed by atoms with Crippen LogP contribution in [0.4, 0.5) is 10.8 Å². The Labute approximate surface area is 169 Å². The Kier molecular flexibility index (Phi) is 6.61. The highest BCUT2D eigenvalue weighted by Crippen LogP contribution is 2.22. The molecule has 1 aromatic carbocycles. The molecule has 8 heteroatoms. The van der Waals surface area contributed by atoms with Crippen LogP contribution in [0.1, 0.15) is 37.3 Å². The molecule has 1 fully saturated rings. The van der Waals surface area contributed by atoms with E-state index >= 15 is 0 Å². The Morgan fingerprint density at radius 2 is 2.07 bits per heavy atom.